The largest absolute Gasteiger partial charge is 0.342 e. The molecule has 0 aromatic carbocycles. The number of likely N-dealkylation sites (N-methyl/N-ethyl adjacent to an activating group) is 1. The summed E-state index contributed by atoms with van der Waals surface area (Å²) in [6.07, 6.45) is 23.3. The van der Waals surface area contributed by atoms with Crippen LogP contribution in [0.3, 0.4) is 0 Å². The maximum Gasteiger partial charge on any atom is 0.222 e. The molecule has 3 nitrogen and oxygen atoms in total. The molecule has 0 aliphatic rings. The highest BCUT2D eigenvalue weighted by Crippen LogP contribution is 2.11. The predicted octanol–water partition coefficient (Wildman–Crippen LogP) is 7.23. The molecule has 32 heavy (non-hydrogen) atoms. The molecular formula is C29H52N2O. The van der Waals surface area contributed by atoms with E-state index in [4.69, 9.17) is 5.73 Å². The Kier molecular flexibility index (Phi) is 24.6. The standard InChI is InChI=1S/C29H52N2O/c1-3-5-6-7-8-9-10-11-12-13-14-15-16-17-18-19-20-21-22-23-24-25-26-29(32)31(4-2)28-27-30/h3-14,19-28,30H2,1-2H3. The quantitative estimate of drug-likeness (QED) is 0.150. The number of amides is 1. The molecule has 0 spiro atoms. The van der Waals surface area contributed by atoms with Crippen LogP contribution in [0.25, 0.3) is 0 Å². The van der Waals surface area contributed by atoms with Gasteiger partial charge in [-0.05, 0) is 38.0 Å². The highest BCUT2D eigenvalue weighted by atomic mass is 16.2. The summed E-state index contributed by atoms with van der Waals surface area (Å²) in [5.74, 6) is 12.7. The van der Waals surface area contributed by atoms with Crippen LogP contribution in [-0.4, -0.2) is 30.4 Å². The molecule has 0 fully saturated rings. The number of nitrogens with two attached hydrogens (primary N) is 1. The van der Waals surface area contributed by atoms with Gasteiger partial charge in [-0.3, -0.25) is 4.79 Å². The van der Waals surface area contributed by atoms with Crippen molar-refractivity contribution in [2.45, 2.75) is 136 Å². The third kappa shape index (κ3) is 21.8. The average molecular weight is 445 g/mol. The summed E-state index contributed by atoms with van der Waals surface area (Å²) >= 11 is 0. The lowest BCUT2D eigenvalue weighted by molar-refractivity contribution is -0.131. The van der Waals surface area contributed by atoms with Crippen LogP contribution in [-0.2, 0) is 4.79 Å². The predicted molar refractivity (Wildman–Crippen MR) is 140 cm³/mol. The number of hydrogen-bond acceptors (Lipinski definition) is 2. The van der Waals surface area contributed by atoms with Crippen molar-refractivity contribution >= 4 is 5.91 Å². The Bertz CT molecular complexity index is 535. The van der Waals surface area contributed by atoms with Crippen molar-refractivity contribution in [3.8, 4) is 23.7 Å². The molecule has 2 N–H and O–H groups in total. The zero-order valence-corrected chi connectivity index (χ0v) is 21.5. The van der Waals surface area contributed by atoms with E-state index in [0.717, 1.165) is 38.6 Å². The molecule has 0 aromatic heterocycles. The SMILES string of the molecule is CCCCCCCCCCCCC#CC#CCCCCCCCCC(=O)N(CC)CCN. The lowest BCUT2D eigenvalue weighted by atomic mass is 10.1. The van der Waals surface area contributed by atoms with Gasteiger partial charge in [-0.15, -0.1) is 0 Å². The second-order valence-corrected chi connectivity index (χ2v) is 8.92. The summed E-state index contributed by atoms with van der Waals surface area (Å²) in [4.78, 5) is 13.9. The van der Waals surface area contributed by atoms with Gasteiger partial charge in [-0.1, -0.05) is 102 Å². The van der Waals surface area contributed by atoms with E-state index in [1.54, 1.807) is 0 Å². The molecule has 0 saturated carbocycles. The van der Waals surface area contributed by atoms with Crippen molar-refractivity contribution in [2.75, 3.05) is 19.6 Å². The maximum absolute atomic E-state index is 12.0. The van der Waals surface area contributed by atoms with Crippen molar-refractivity contribution in [3.63, 3.8) is 0 Å². The lowest BCUT2D eigenvalue weighted by Crippen LogP contribution is -2.34. The summed E-state index contributed by atoms with van der Waals surface area (Å²) in [6.45, 7) is 6.28. The van der Waals surface area contributed by atoms with Crippen molar-refractivity contribution < 1.29 is 4.79 Å². The second-order valence-electron chi connectivity index (χ2n) is 8.92. The van der Waals surface area contributed by atoms with Crippen LogP contribution in [0, 0.1) is 23.7 Å². The summed E-state index contributed by atoms with van der Waals surface area (Å²) in [5, 5.41) is 0. The van der Waals surface area contributed by atoms with Crippen molar-refractivity contribution in [1.82, 2.24) is 4.90 Å². The fraction of sp³-hybridized carbons (Fsp3) is 0.828. The van der Waals surface area contributed by atoms with Crippen LogP contribution in [0.1, 0.15) is 136 Å². The fourth-order valence-electron chi connectivity index (χ4n) is 3.88. The zero-order chi connectivity index (χ0) is 23.5. The number of carbonyl (C=O) groups excluding carboxylic acids is 1. The molecular weight excluding hydrogens is 392 g/mol. The molecule has 0 bridgehead atoms. The van der Waals surface area contributed by atoms with E-state index in [1.165, 1.54) is 83.5 Å². The Labute approximate surface area is 200 Å². The lowest BCUT2D eigenvalue weighted by Gasteiger charge is -2.19. The Morgan fingerprint density at radius 3 is 1.53 bits per heavy atom. The van der Waals surface area contributed by atoms with Crippen LogP contribution < -0.4 is 5.73 Å². The zero-order valence-electron chi connectivity index (χ0n) is 21.5. The Hall–Kier alpha value is -1.45. The molecule has 0 aliphatic carbocycles. The normalized spacial score (nSPS) is 10.2. The molecule has 0 unspecified atom stereocenters. The van der Waals surface area contributed by atoms with Gasteiger partial charge < -0.3 is 10.6 Å². The van der Waals surface area contributed by atoms with E-state index in [2.05, 4.69) is 30.6 Å². The number of unbranched alkanes of at least 4 members (excludes halogenated alkanes) is 16. The number of nitrogens with zero attached hydrogens (tertiary/aromatic N) is 1. The molecule has 0 radical (unpaired) electrons. The van der Waals surface area contributed by atoms with E-state index < -0.39 is 0 Å². The minimum absolute atomic E-state index is 0.252. The summed E-state index contributed by atoms with van der Waals surface area (Å²) in [5.41, 5.74) is 5.54. The van der Waals surface area contributed by atoms with Crippen LogP contribution in [0.2, 0.25) is 0 Å². The molecule has 1 amide bonds. The van der Waals surface area contributed by atoms with E-state index in [9.17, 15) is 4.79 Å². The fourth-order valence-corrected chi connectivity index (χ4v) is 3.88. The molecule has 184 valence electrons. The highest BCUT2D eigenvalue weighted by molar-refractivity contribution is 5.76. The monoisotopic (exact) mass is 444 g/mol. The Morgan fingerprint density at radius 1 is 0.656 bits per heavy atom. The van der Waals surface area contributed by atoms with Gasteiger partial charge in [0.05, 0.1) is 0 Å². The first-order valence-corrected chi connectivity index (χ1v) is 13.7. The van der Waals surface area contributed by atoms with Gasteiger partial charge in [0.1, 0.15) is 0 Å². The Morgan fingerprint density at radius 2 is 1.09 bits per heavy atom. The smallest absolute Gasteiger partial charge is 0.222 e. The summed E-state index contributed by atoms with van der Waals surface area (Å²) < 4.78 is 0. The van der Waals surface area contributed by atoms with Gasteiger partial charge in [0.2, 0.25) is 5.91 Å². The van der Waals surface area contributed by atoms with E-state index in [1.807, 2.05) is 11.8 Å². The molecule has 0 rings (SSSR count). The van der Waals surface area contributed by atoms with E-state index >= 15 is 0 Å². The molecule has 3 heteroatoms. The van der Waals surface area contributed by atoms with Gasteiger partial charge in [0, 0.05) is 38.9 Å². The molecule has 0 aliphatic heterocycles. The summed E-state index contributed by atoms with van der Waals surface area (Å²) in [7, 11) is 0. The van der Waals surface area contributed by atoms with E-state index in [0.29, 0.717) is 19.5 Å². The minimum Gasteiger partial charge on any atom is -0.342 e. The topological polar surface area (TPSA) is 46.3 Å². The number of hydrogen-bond donors (Lipinski definition) is 1. The van der Waals surface area contributed by atoms with Crippen molar-refractivity contribution in [1.29, 1.82) is 0 Å². The summed E-state index contributed by atoms with van der Waals surface area (Å²) in [6, 6.07) is 0. The van der Waals surface area contributed by atoms with Crippen LogP contribution in [0.5, 0.6) is 0 Å². The first-order valence-electron chi connectivity index (χ1n) is 13.7. The van der Waals surface area contributed by atoms with Gasteiger partial charge in [0.25, 0.3) is 0 Å². The molecule has 0 atom stereocenters. The number of carbonyl (C=O) groups is 1. The highest BCUT2D eigenvalue weighted by Gasteiger charge is 2.09. The van der Waals surface area contributed by atoms with Crippen molar-refractivity contribution in [3.05, 3.63) is 0 Å². The minimum atomic E-state index is 0.252. The van der Waals surface area contributed by atoms with Gasteiger partial charge in [-0.2, -0.15) is 0 Å². The molecule has 0 heterocycles. The van der Waals surface area contributed by atoms with Crippen LogP contribution in [0.15, 0.2) is 0 Å². The third-order valence-corrected chi connectivity index (χ3v) is 5.97. The molecule has 0 saturated heterocycles. The van der Waals surface area contributed by atoms with E-state index in [-0.39, 0.29) is 5.91 Å². The first-order chi connectivity index (χ1) is 15.8. The first kappa shape index (κ1) is 30.6. The van der Waals surface area contributed by atoms with Crippen LogP contribution >= 0.6 is 0 Å². The maximum atomic E-state index is 12.0. The van der Waals surface area contributed by atoms with Gasteiger partial charge in [0.15, 0.2) is 0 Å². The number of rotatable bonds is 21. The van der Waals surface area contributed by atoms with Crippen molar-refractivity contribution in [2.24, 2.45) is 5.73 Å². The second kappa shape index (κ2) is 25.8. The molecule has 0 aromatic rings. The average Bonchev–Trinajstić information content (AvgIpc) is 2.80. The van der Waals surface area contributed by atoms with Crippen LogP contribution in [0.4, 0.5) is 0 Å². The van der Waals surface area contributed by atoms with Gasteiger partial charge in [-0.25, -0.2) is 0 Å². The third-order valence-electron chi connectivity index (χ3n) is 5.97. The van der Waals surface area contributed by atoms with Gasteiger partial charge >= 0.3 is 0 Å². The Balaban J connectivity index is 3.39.